The maximum atomic E-state index is 14.4. The van der Waals surface area contributed by atoms with Crippen molar-refractivity contribution in [2.24, 2.45) is 0 Å². The number of carboxylic acids is 1. The van der Waals surface area contributed by atoms with Crippen LogP contribution in [0.15, 0.2) is 54.7 Å². The topological polar surface area (TPSA) is 113 Å². The third-order valence-electron chi connectivity index (χ3n) is 6.80. The molecule has 0 unspecified atom stereocenters. The van der Waals surface area contributed by atoms with E-state index in [0.29, 0.717) is 11.3 Å². The minimum absolute atomic E-state index is 0.0389. The Morgan fingerprint density at radius 2 is 1.89 bits per heavy atom. The van der Waals surface area contributed by atoms with E-state index in [4.69, 9.17) is 9.47 Å². The molecule has 5 aromatic rings. The van der Waals surface area contributed by atoms with Crippen LogP contribution < -0.4 is 9.47 Å². The van der Waals surface area contributed by atoms with Gasteiger partial charge in [-0.2, -0.15) is 10.4 Å². The van der Waals surface area contributed by atoms with Gasteiger partial charge in [0, 0.05) is 45.6 Å². The number of carboxylic acid groups (broad SMARTS) is 1. The van der Waals surface area contributed by atoms with Crippen molar-refractivity contribution in [2.45, 2.75) is 25.7 Å². The summed E-state index contributed by atoms with van der Waals surface area (Å²) in [6, 6.07) is 15.8. The van der Waals surface area contributed by atoms with Gasteiger partial charge < -0.3 is 19.1 Å². The number of aromatic nitrogens is 3. The lowest BCUT2D eigenvalue weighted by Gasteiger charge is -2.27. The monoisotopic (exact) mass is 512 g/mol. The molecule has 0 amide bonds. The number of nitrogens with one attached hydrogen (secondary N) is 1. The zero-order chi connectivity index (χ0) is 27.2. The fourth-order valence-electron chi connectivity index (χ4n) is 5.02. The number of halogens is 1. The first-order valence-corrected chi connectivity index (χ1v) is 11.8. The molecule has 2 heterocycles. The van der Waals surface area contributed by atoms with Gasteiger partial charge in [0.15, 0.2) is 11.6 Å². The summed E-state index contributed by atoms with van der Waals surface area (Å²) in [6.45, 7) is 3.95. The standard InChI is InChI=1S/C29H25FN4O4/c1-29(2,9-10-31)27-26(16-5-7-19(28(35)36)24(12-16)37-3)20-14-22-17(15-32-33-22)11-23(20)34(27)18-6-8-21(30)25(13-18)38-4/h5-8,11-15H,9H2,1-4H3,(H,32,33)(H,35,36). The summed E-state index contributed by atoms with van der Waals surface area (Å²) in [6.07, 6.45) is 1.92. The molecule has 0 saturated heterocycles. The molecule has 0 aliphatic rings. The summed E-state index contributed by atoms with van der Waals surface area (Å²) in [5.74, 6) is -1.28. The second-order valence-electron chi connectivity index (χ2n) is 9.64. The second kappa shape index (κ2) is 9.23. The molecule has 0 fully saturated rings. The third kappa shape index (κ3) is 3.91. The lowest BCUT2D eigenvalue weighted by molar-refractivity contribution is 0.0693. The average molecular weight is 513 g/mol. The van der Waals surface area contributed by atoms with Crippen LogP contribution in [0.4, 0.5) is 4.39 Å². The van der Waals surface area contributed by atoms with E-state index in [1.54, 1.807) is 30.5 Å². The van der Waals surface area contributed by atoms with Gasteiger partial charge in [-0.15, -0.1) is 0 Å². The number of H-pyrrole nitrogens is 1. The molecule has 3 aromatic carbocycles. The number of benzene rings is 3. The van der Waals surface area contributed by atoms with Crippen LogP contribution in [0, 0.1) is 17.1 Å². The highest BCUT2D eigenvalue weighted by Gasteiger charge is 2.33. The molecular formula is C29H25FN4O4. The van der Waals surface area contributed by atoms with E-state index in [9.17, 15) is 19.6 Å². The van der Waals surface area contributed by atoms with Crippen LogP contribution in [-0.4, -0.2) is 40.1 Å². The summed E-state index contributed by atoms with van der Waals surface area (Å²) in [5, 5.41) is 28.3. The van der Waals surface area contributed by atoms with Crippen LogP contribution >= 0.6 is 0 Å². The SMILES string of the molecule is COc1cc(-n2c(C(C)(C)CC#N)c(-c3ccc(C(=O)O)c(OC)c3)c3cc4[nH]ncc4cc32)ccc1F. The van der Waals surface area contributed by atoms with Crippen molar-refractivity contribution >= 4 is 27.8 Å². The molecule has 0 radical (unpaired) electrons. The number of methoxy groups -OCH3 is 2. The summed E-state index contributed by atoms with van der Waals surface area (Å²) >= 11 is 0. The van der Waals surface area contributed by atoms with E-state index in [1.165, 1.54) is 26.4 Å². The molecule has 8 nitrogen and oxygen atoms in total. The largest absolute Gasteiger partial charge is 0.496 e. The summed E-state index contributed by atoms with van der Waals surface area (Å²) in [7, 11) is 2.83. The van der Waals surface area contributed by atoms with Crippen LogP contribution in [0.2, 0.25) is 0 Å². The Morgan fingerprint density at radius 3 is 2.58 bits per heavy atom. The smallest absolute Gasteiger partial charge is 0.339 e. The number of aromatic amines is 1. The predicted molar refractivity (Wildman–Crippen MR) is 142 cm³/mol. The molecule has 38 heavy (non-hydrogen) atoms. The fourth-order valence-corrected chi connectivity index (χ4v) is 5.02. The minimum Gasteiger partial charge on any atom is -0.496 e. The quantitative estimate of drug-likeness (QED) is 0.268. The molecule has 5 rings (SSSR count). The van der Waals surface area contributed by atoms with Crippen molar-refractivity contribution in [1.29, 1.82) is 5.26 Å². The van der Waals surface area contributed by atoms with Gasteiger partial charge in [0.05, 0.1) is 37.5 Å². The van der Waals surface area contributed by atoms with E-state index >= 15 is 0 Å². The van der Waals surface area contributed by atoms with Crippen molar-refractivity contribution in [1.82, 2.24) is 14.8 Å². The van der Waals surface area contributed by atoms with Gasteiger partial charge in [0.2, 0.25) is 0 Å². The highest BCUT2D eigenvalue weighted by Crippen LogP contribution is 2.46. The summed E-state index contributed by atoms with van der Waals surface area (Å²) in [4.78, 5) is 11.8. The molecule has 0 aliphatic heterocycles. The first-order chi connectivity index (χ1) is 18.2. The molecule has 0 saturated carbocycles. The maximum absolute atomic E-state index is 14.4. The maximum Gasteiger partial charge on any atom is 0.339 e. The van der Waals surface area contributed by atoms with E-state index < -0.39 is 17.2 Å². The van der Waals surface area contributed by atoms with Gasteiger partial charge in [0.1, 0.15) is 11.3 Å². The van der Waals surface area contributed by atoms with E-state index in [2.05, 4.69) is 16.3 Å². The summed E-state index contributed by atoms with van der Waals surface area (Å²) in [5.41, 5.74) is 3.95. The molecule has 0 spiro atoms. The Hall–Kier alpha value is -4.84. The highest BCUT2D eigenvalue weighted by molar-refractivity contribution is 6.06. The first-order valence-electron chi connectivity index (χ1n) is 11.8. The number of nitriles is 1. The number of fused-ring (bicyclic) bond motifs is 2. The van der Waals surface area contributed by atoms with Crippen molar-refractivity contribution in [3.63, 3.8) is 0 Å². The zero-order valence-corrected chi connectivity index (χ0v) is 21.3. The van der Waals surface area contributed by atoms with Crippen molar-refractivity contribution in [3.05, 3.63) is 71.8 Å². The Labute approximate surface area is 217 Å². The van der Waals surface area contributed by atoms with Crippen molar-refractivity contribution < 1.29 is 23.8 Å². The number of rotatable bonds is 7. The van der Waals surface area contributed by atoms with Crippen LogP contribution in [0.3, 0.4) is 0 Å². The second-order valence-corrected chi connectivity index (χ2v) is 9.64. The molecule has 0 aliphatic carbocycles. The molecule has 9 heteroatoms. The fraction of sp³-hybridized carbons (Fsp3) is 0.207. The Kier molecular flexibility index (Phi) is 6.03. The number of nitrogens with zero attached hydrogens (tertiary/aromatic N) is 3. The van der Waals surface area contributed by atoms with Crippen LogP contribution in [0.5, 0.6) is 11.5 Å². The predicted octanol–water partition coefficient (Wildman–Crippen LogP) is 6.22. The first kappa shape index (κ1) is 24.8. The van der Waals surface area contributed by atoms with Crippen molar-refractivity contribution in [3.8, 4) is 34.4 Å². The molecular weight excluding hydrogens is 487 g/mol. The molecule has 2 aromatic heterocycles. The van der Waals surface area contributed by atoms with E-state index in [0.717, 1.165) is 33.1 Å². The van der Waals surface area contributed by atoms with Crippen LogP contribution in [-0.2, 0) is 5.41 Å². The Bertz CT molecular complexity index is 1760. The van der Waals surface area contributed by atoms with E-state index in [1.807, 2.05) is 30.5 Å². The molecule has 0 atom stereocenters. The van der Waals surface area contributed by atoms with Gasteiger partial charge in [-0.25, -0.2) is 9.18 Å². The molecule has 192 valence electrons. The highest BCUT2D eigenvalue weighted by atomic mass is 19.1. The number of hydrogen-bond acceptors (Lipinski definition) is 5. The van der Waals surface area contributed by atoms with Gasteiger partial charge in [-0.3, -0.25) is 5.10 Å². The van der Waals surface area contributed by atoms with Gasteiger partial charge >= 0.3 is 5.97 Å². The van der Waals surface area contributed by atoms with Gasteiger partial charge in [-0.05, 0) is 42.0 Å². The number of carbonyl (C=O) groups is 1. The minimum atomic E-state index is -1.10. The normalized spacial score (nSPS) is 11.6. The number of hydrogen-bond donors (Lipinski definition) is 2. The Morgan fingerprint density at radius 1 is 1.13 bits per heavy atom. The zero-order valence-electron chi connectivity index (χ0n) is 21.3. The average Bonchev–Trinajstić information content (AvgIpc) is 3.49. The number of ether oxygens (including phenoxy) is 2. The summed E-state index contributed by atoms with van der Waals surface area (Å²) < 4.78 is 27.1. The molecule has 0 bridgehead atoms. The molecule has 2 N–H and O–H groups in total. The lowest BCUT2D eigenvalue weighted by atomic mass is 9.81. The number of aromatic carboxylic acids is 1. The van der Waals surface area contributed by atoms with Gasteiger partial charge in [0.25, 0.3) is 0 Å². The third-order valence-corrected chi connectivity index (χ3v) is 6.80. The lowest BCUT2D eigenvalue weighted by Crippen LogP contribution is -2.22. The van der Waals surface area contributed by atoms with Crippen molar-refractivity contribution in [2.75, 3.05) is 14.2 Å². The van der Waals surface area contributed by atoms with E-state index in [-0.39, 0.29) is 23.5 Å². The van der Waals surface area contributed by atoms with Crippen LogP contribution in [0.1, 0.15) is 36.3 Å². The van der Waals surface area contributed by atoms with Crippen LogP contribution in [0.25, 0.3) is 38.6 Å². The van der Waals surface area contributed by atoms with Gasteiger partial charge in [-0.1, -0.05) is 19.9 Å². The Balaban J connectivity index is 1.97.